The molecule has 0 amide bonds. The summed E-state index contributed by atoms with van der Waals surface area (Å²) < 4.78 is 16.8. The van der Waals surface area contributed by atoms with Crippen LogP contribution in [0.25, 0.3) is 11.1 Å². The Morgan fingerprint density at radius 3 is 2.86 bits per heavy atom. The molecule has 5 nitrogen and oxygen atoms in total. The van der Waals surface area contributed by atoms with Crippen LogP contribution in [-0.2, 0) is 16.1 Å². The zero-order valence-electron chi connectivity index (χ0n) is 11.5. The second-order valence-corrected chi connectivity index (χ2v) is 5.40. The van der Waals surface area contributed by atoms with Crippen LogP contribution in [0, 0.1) is 0 Å². The van der Waals surface area contributed by atoms with Gasteiger partial charge >= 0.3 is 5.97 Å². The molecule has 0 bridgehead atoms. The van der Waals surface area contributed by atoms with E-state index in [1.54, 1.807) is 12.1 Å². The number of fused-ring (bicyclic) bond motifs is 1. The van der Waals surface area contributed by atoms with E-state index in [-0.39, 0.29) is 13.2 Å². The van der Waals surface area contributed by atoms with Gasteiger partial charge in [-0.2, -0.15) is 0 Å². The van der Waals surface area contributed by atoms with Crippen LogP contribution in [0.5, 0.6) is 5.75 Å². The molecule has 3 aromatic rings. The third-order valence-corrected chi connectivity index (χ3v) is 3.34. The van der Waals surface area contributed by atoms with Crippen LogP contribution >= 0.6 is 15.9 Å². The number of carbonyl (C=O) groups excluding carboxylic acids is 1. The van der Waals surface area contributed by atoms with Crippen LogP contribution < -0.4 is 4.74 Å². The summed E-state index contributed by atoms with van der Waals surface area (Å²) in [6.45, 7) is -0.188. The second kappa shape index (κ2) is 6.62. The van der Waals surface area contributed by atoms with Crippen molar-refractivity contribution in [3.63, 3.8) is 0 Å². The molecule has 6 heteroatoms. The first-order chi connectivity index (χ1) is 10.7. The summed E-state index contributed by atoms with van der Waals surface area (Å²) in [6.07, 6.45) is 0. The molecule has 0 saturated heterocycles. The highest BCUT2D eigenvalue weighted by Crippen LogP contribution is 2.18. The van der Waals surface area contributed by atoms with Gasteiger partial charge in [0.05, 0.1) is 0 Å². The van der Waals surface area contributed by atoms with Crippen LogP contribution in [0.1, 0.15) is 5.89 Å². The smallest absolute Gasteiger partial charge is 0.344 e. The lowest BCUT2D eigenvalue weighted by molar-refractivity contribution is -0.148. The van der Waals surface area contributed by atoms with Crippen LogP contribution in [0.2, 0.25) is 0 Å². The molecule has 0 N–H and O–H groups in total. The third kappa shape index (κ3) is 3.65. The zero-order chi connectivity index (χ0) is 15.4. The molecule has 0 saturated carbocycles. The fraction of sp³-hybridized carbons (Fsp3) is 0.125. The van der Waals surface area contributed by atoms with Gasteiger partial charge in [0.15, 0.2) is 18.8 Å². The van der Waals surface area contributed by atoms with E-state index in [1.165, 1.54) is 0 Å². The molecule has 22 heavy (non-hydrogen) atoms. The van der Waals surface area contributed by atoms with Crippen molar-refractivity contribution in [2.45, 2.75) is 6.61 Å². The molecule has 2 aromatic carbocycles. The van der Waals surface area contributed by atoms with Crippen molar-refractivity contribution in [3.05, 3.63) is 58.9 Å². The predicted octanol–water partition coefficient (Wildman–Crippen LogP) is 3.71. The minimum absolute atomic E-state index is 0.0185. The second-order valence-electron chi connectivity index (χ2n) is 4.48. The van der Waals surface area contributed by atoms with Crippen molar-refractivity contribution < 1.29 is 18.7 Å². The molecule has 0 spiro atoms. The number of hydrogen-bond donors (Lipinski definition) is 0. The van der Waals surface area contributed by atoms with Gasteiger partial charge in [0.1, 0.15) is 11.3 Å². The number of hydrogen-bond acceptors (Lipinski definition) is 5. The van der Waals surface area contributed by atoms with Gasteiger partial charge in [0.2, 0.25) is 5.89 Å². The Kier molecular flexibility index (Phi) is 4.39. The number of benzene rings is 2. The lowest BCUT2D eigenvalue weighted by atomic mass is 10.3. The number of aromatic nitrogens is 1. The predicted molar refractivity (Wildman–Crippen MR) is 83.4 cm³/mol. The van der Waals surface area contributed by atoms with Crippen molar-refractivity contribution in [2.75, 3.05) is 6.61 Å². The van der Waals surface area contributed by atoms with Gasteiger partial charge in [-0.15, -0.1) is 0 Å². The number of carbonyl (C=O) groups is 1. The van der Waals surface area contributed by atoms with Gasteiger partial charge in [0, 0.05) is 4.47 Å². The first-order valence-electron chi connectivity index (χ1n) is 6.59. The lowest BCUT2D eigenvalue weighted by Gasteiger charge is -2.06. The molecule has 0 radical (unpaired) electrons. The Morgan fingerprint density at radius 2 is 2.05 bits per heavy atom. The van der Waals surface area contributed by atoms with Crippen molar-refractivity contribution in [2.24, 2.45) is 0 Å². The molecule has 0 aliphatic rings. The Morgan fingerprint density at radius 1 is 1.18 bits per heavy atom. The monoisotopic (exact) mass is 361 g/mol. The Bertz CT molecular complexity index is 766. The average Bonchev–Trinajstić information content (AvgIpc) is 2.94. The highest BCUT2D eigenvalue weighted by atomic mass is 79.9. The minimum Gasteiger partial charge on any atom is -0.482 e. The molecule has 0 fully saturated rings. The van der Waals surface area contributed by atoms with Crippen molar-refractivity contribution >= 4 is 33.0 Å². The quantitative estimate of drug-likeness (QED) is 0.648. The number of nitrogens with zero attached hydrogens (tertiary/aromatic N) is 1. The first kappa shape index (κ1) is 14.6. The summed E-state index contributed by atoms with van der Waals surface area (Å²) in [5.41, 5.74) is 1.40. The molecule has 0 aliphatic heterocycles. The number of halogens is 1. The van der Waals surface area contributed by atoms with Crippen LogP contribution in [0.15, 0.2) is 57.4 Å². The Labute approximate surface area is 135 Å². The van der Waals surface area contributed by atoms with Gasteiger partial charge < -0.3 is 13.9 Å². The summed E-state index contributed by atoms with van der Waals surface area (Å²) in [6, 6.07) is 14.6. The van der Waals surface area contributed by atoms with Gasteiger partial charge in [0.25, 0.3) is 0 Å². The van der Waals surface area contributed by atoms with Crippen molar-refractivity contribution in [1.82, 2.24) is 4.98 Å². The molecule has 0 atom stereocenters. The van der Waals surface area contributed by atoms with E-state index in [4.69, 9.17) is 13.9 Å². The molecular weight excluding hydrogens is 350 g/mol. The standard InChI is InChI=1S/C16H12BrNO4/c17-11-4-3-5-12(8-11)20-10-16(19)21-9-15-18-13-6-1-2-7-14(13)22-15/h1-8H,9-10H2. The summed E-state index contributed by atoms with van der Waals surface area (Å²) in [4.78, 5) is 15.9. The summed E-state index contributed by atoms with van der Waals surface area (Å²) in [5, 5.41) is 0. The Balaban J connectivity index is 1.51. The highest BCUT2D eigenvalue weighted by Gasteiger charge is 2.09. The number of ether oxygens (including phenoxy) is 2. The van der Waals surface area contributed by atoms with Crippen LogP contribution in [0.4, 0.5) is 0 Å². The number of esters is 1. The van der Waals surface area contributed by atoms with E-state index in [0.29, 0.717) is 17.2 Å². The fourth-order valence-electron chi connectivity index (χ4n) is 1.86. The molecular formula is C16H12BrNO4. The van der Waals surface area contributed by atoms with Gasteiger partial charge in [-0.25, -0.2) is 9.78 Å². The summed E-state index contributed by atoms with van der Waals surface area (Å²) >= 11 is 3.33. The SMILES string of the molecule is O=C(COc1cccc(Br)c1)OCc1nc2ccccc2o1. The molecule has 0 aliphatic carbocycles. The summed E-state index contributed by atoms with van der Waals surface area (Å²) in [5.74, 6) is 0.465. The van der Waals surface area contributed by atoms with E-state index in [1.807, 2.05) is 36.4 Å². The minimum atomic E-state index is -0.484. The first-order valence-corrected chi connectivity index (χ1v) is 7.38. The summed E-state index contributed by atoms with van der Waals surface area (Å²) in [7, 11) is 0. The van der Waals surface area contributed by atoms with Gasteiger partial charge in [-0.05, 0) is 30.3 Å². The Hall–Kier alpha value is -2.34. The van der Waals surface area contributed by atoms with E-state index in [2.05, 4.69) is 20.9 Å². The molecule has 1 aromatic heterocycles. The fourth-order valence-corrected chi connectivity index (χ4v) is 2.24. The largest absolute Gasteiger partial charge is 0.482 e. The lowest BCUT2D eigenvalue weighted by Crippen LogP contribution is -2.14. The molecule has 0 unspecified atom stereocenters. The van der Waals surface area contributed by atoms with E-state index in [0.717, 1.165) is 9.99 Å². The van der Waals surface area contributed by atoms with Gasteiger partial charge in [-0.1, -0.05) is 34.1 Å². The molecule has 112 valence electrons. The van der Waals surface area contributed by atoms with Gasteiger partial charge in [-0.3, -0.25) is 0 Å². The van der Waals surface area contributed by atoms with E-state index in [9.17, 15) is 4.79 Å². The maximum atomic E-state index is 11.7. The number of rotatable bonds is 5. The van der Waals surface area contributed by atoms with Crippen LogP contribution in [0.3, 0.4) is 0 Å². The third-order valence-electron chi connectivity index (χ3n) is 2.85. The maximum Gasteiger partial charge on any atom is 0.344 e. The average molecular weight is 362 g/mol. The number of para-hydroxylation sites is 2. The topological polar surface area (TPSA) is 61.6 Å². The van der Waals surface area contributed by atoms with Crippen molar-refractivity contribution in [1.29, 1.82) is 0 Å². The van der Waals surface area contributed by atoms with E-state index >= 15 is 0 Å². The normalized spacial score (nSPS) is 10.6. The molecule has 1 heterocycles. The zero-order valence-corrected chi connectivity index (χ0v) is 13.1. The molecule has 3 rings (SSSR count). The number of oxazole rings is 1. The van der Waals surface area contributed by atoms with E-state index < -0.39 is 5.97 Å². The van der Waals surface area contributed by atoms with Crippen molar-refractivity contribution in [3.8, 4) is 5.75 Å². The maximum absolute atomic E-state index is 11.7. The highest BCUT2D eigenvalue weighted by molar-refractivity contribution is 9.10. The van der Waals surface area contributed by atoms with Crippen LogP contribution in [-0.4, -0.2) is 17.6 Å².